The van der Waals surface area contributed by atoms with Gasteiger partial charge >= 0.3 is 5.69 Å². The van der Waals surface area contributed by atoms with E-state index in [2.05, 4.69) is 26.8 Å². The highest BCUT2D eigenvalue weighted by Crippen LogP contribution is 2.42. The second-order valence-corrected chi connectivity index (χ2v) is 7.78. The molecule has 4 heterocycles. The number of hydrogen-bond acceptors (Lipinski definition) is 6. The number of imidazole rings is 1. The van der Waals surface area contributed by atoms with Gasteiger partial charge in [0.05, 0.1) is 6.61 Å². The number of aliphatic hydroxyl groups is 1. The highest BCUT2D eigenvalue weighted by Gasteiger charge is 2.47. The van der Waals surface area contributed by atoms with E-state index in [1.807, 2.05) is 7.05 Å². The molecule has 26 heavy (non-hydrogen) atoms. The molecule has 0 aliphatic carbocycles. The SMILES string of the molecule is CN1CCC[C@]2(CO)CCN(c3nc4c(c(=O)[nH]c(=O)n4C)n3C)C[C@@H]12. The average molecular weight is 362 g/mol. The number of aromatic amines is 1. The van der Waals surface area contributed by atoms with Gasteiger partial charge in [-0.15, -0.1) is 0 Å². The van der Waals surface area contributed by atoms with Gasteiger partial charge in [0, 0.05) is 38.6 Å². The number of H-pyrrole nitrogens is 1. The highest BCUT2D eigenvalue weighted by atomic mass is 16.3. The fourth-order valence-corrected chi connectivity index (χ4v) is 4.78. The van der Waals surface area contributed by atoms with Gasteiger partial charge in [-0.1, -0.05) is 0 Å². The molecule has 0 spiro atoms. The van der Waals surface area contributed by atoms with Crippen LogP contribution in [0.2, 0.25) is 0 Å². The first-order valence-corrected chi connectivity index (χ1v) is 9.10. The molecule has 0 radical (unpaired) electrons. The van der Waals surface area contributed by atoms with Crippen LogP contribution in [0.15, 0.2) is 9.59 Å². The van der Waals surface area contributed by atoms with Crippen LogP contribution < -0.4 is 16.1 Å². The summed E-state index contributed by atoms with van der Waals surface area (Å²) >= 11 is 0. The molecular weight excluding hydrogens is 336 g/mol. The standard InChI is InChI=1S/C17H26N6O3/c1-20-7-4-5-17(10-24)6-8-23(9-11(17)20)15-18-13-12(21(15)2)14(25)19-16(26)22(13)3/h11,24H,4-10H2,1-3H3,(H,19,25,26)/t11-,17-/m1/s1. The molecule has 9 nitrogen and oxygen atoms in total. The lowest BCUT2D eigenvalue weighted by atomic mass is 9.69. The number of fused-ring (bicyclic) bond motifs is 2. The third kappa shape index (κ3) is 2.34. The lowest BCUT2D eigenvalue weighted by molar-refractivity contribution is -0.0279. The molecule has 9 heteroatoms. The monoisotopic (exact) mass is 362 g/mol. The summed E-state index contributed by atoms with van der Waals surface area (Å²) in [5.74, 6) is 0.692. The number of piperidine rings is 2. The molecule has 2 aromatic rings. The van der Waals surface area contributed by atoms with Crippen molar-refractivity contribution in [2.45, 2.75) is 25.3 Å². The van der Waals surface area contributed by atoms with Crippen molar-refractivity contribution in [3.63, 3.8) is 0 Å². The molecule has 0 amide bonds. The largest absolute Gasteiger partial charge is 0.396 e. The smallest absolute Gasteiger partial charge is 0.329 e. The Morgan fingerprint density at radius 2 is 1.96 bits per heavy atom. The maximum Gasteiger partial charge on any atom is 0.329 e. The van der Waals surface area contributed by atoms with E-state index < -0.39 is 11.2 Å². The lowest BCUT2D eigenvalue weighted by Gasteiger charge is -2.53. The van der Waals surface area contributed by atoms with Gasteiger partial charge < -0.3 is 19.5 Å². The van der Waals surface area contributed by atoms with Gasteiger partial charge in [-0.25, -0.2) is 4.79 Å². The van der Waals surface area contributed by atoms with E-state index in [0.717, 1.165) is 38.9 Å². The van der Waals surface area contributed by atoms with Gasteiger partial charge in [0.1, 0.15) is 0 Å². The minimum Gasteiger partial charge on any atom is -0.396 e. The fourth-order valence-electron chi connectivity index (χ4n) is 4.78. The number of rotatable bonds is 2. The Hall–Kier alpha value is -2.13. The Bertz CT molecular complexity index is 960. The van der Waals surface area contributed by atoms with E-state index in [1.54, 1.807) is 11.6 Å². The molecule has 4 rings (SSSR count). The summed E-state index contributed by atoms with van der Waals surface area (Å²) in [6.45, 7) is 2.75. The summed E-state index contributed by atoms with van der Waals surface area (Å²) in [7, 11) is 5.53. The van der Waals surface area contributed by atoms with Gasteiger partial charge in [-0.3, -0.25) is 14.3 Å². The maximum atomic E-state index is 12.3. The van der Waals surface area contributed by atoms with Gasteiger partial charge in [-0.05, 0) is 32.9 Å². The van der Waals surface area contributed by atoms with Crippen LogP contribution in [0, 0.1) is 5.41 Å². The van der Waals surface area contributed by atoms with Gasteiger partial charge in [0.15, 0.2) is 11.2 Å². The van der Waals surface area contributed by atoms with E-state index in [9.17, 15) is 14.7 Å². The number of likely N-dealkylation sites (N-methyl/N-ethyl adjacent to an activating group) is 1. The van der Waals surface area contributed by atoms with E-state index in [1.165, 1.54) is 4.57 Å². The Kier molecular flexibility index (Phi) is 3.96. The number of aromatic nitrogens is 4. The third-order valence-corrected chi connectivity index (χ3v) is 6.41. The summed E-state index contributed by atoms with van der Waals surface area (Å²) < 4.78 is 3.14. The van der Waals surface area contributed by atoms with Gasteiger partial charge in [-0.2, -0.15) is 4.98 Å². The summed E-state index contributed by atoms with van der Waals surface area (Å²) in [6, 6.07) is 0.247. The first-order valence-electron chi connectivity index (χ1n) is 9.10. The third-order valence-electron chi connectivity index (χ3n) is 6.41. The van der Waals surface area contributed by atoms with Crippen LogP contribution >= 0.6 is 0 Å². The first-order chi connectivity index (χ1) is 12.4. The maximum absolute atomic E-state index is 12.3. The van der Waals surface area contributed by atoms with Gasteiger partial charge in [0.25, 0.3) is 5.56 Å². The zero-order chi connectivity index (χ0) is 18.6. The number of nitrogens with one attached hydrogen (secondary N) is 1. The van der Waals surface area contributed by atoms with Crippen LogP contribution in [0.1, 0.15) is 19.3 Å². The number of anilines is 1. The highest BCUT2D eigenvalue weighted by molar-refractivity contribution is 5.74. The molecule has 2 aliphatic rings. The lowest BCUT2D eigenvalue weighted by Crippen LogP contribution is -2.62. The van der Waals surface area contributed by atoms with E-state index in [0.29, 0.717) is 17.1 Å². The molecule has 0 aromatic carbocycles. The average Bonchev–Trinajstić information content (AvgIpc) is 2.98. The minimum atomic E-state index is -0.461. The molecule has 2 fully saturated rings. The summed E-state index contributed by atoms with van der Waals surface area (Å²) in [6.07, 6.45) is 3.04. The van der Waals surface area contributed by atoms with Crippen LogP contribution in [0.4, 0.5) is 5.95 Å². The van der Waals surface area contributed by atoms with E-state index >= 15 is 0 Å². The number of aliphatic hydroxyl groups excluding tert-OH is 1. The molecule has 0 unspecified atom stereocenters. The van der Waals surface area contributed by atoms with Crippen molar-refractivity contribution in [3.8, 4) is 0 Å². The van der Waals surface area contributed by atoms with Crippen molar-refractivity contribution in [3.05, 3.63) is 20.8 Å². The number of likely N-dealkylation sites (tertiary alicyclic amines) is 1. The summed E-state index contributed by atoms with van der Waals surface area (Å²) in [4.78, 5) is 35.6. The summed E-state index contributed by atoms with van der Waals surface area (Å²) in [5.41, 5.74) is -0.137. The Balaban J connectivity index is 1.76. The van der Waals surface area contributed by atoms with Crippen molar-refractivity contribution < 1.29 is 5.11 Å². The van der Waals surface area contributed by atoms with Crippen LogP contribution in [0.25, 0.3) is 11.2 Å². The Morgan fingerprint density at radius 3 is 2.69 bits per heavy atom. The first kappa shape index (κ1) is 17.3. The van der Waals surface area contributed by atoms with Crippen molar-refractivity contribution in [2.24, 2.45) is 19.5 Å². The topological polar surface area (TPSA) is 99.4 Å². The molecule has 0 bridgehead atoms. The molecule has 2 saturated heterocycles. The Morgan fingerprint density at radius 1 is 1.19 bits per heavy atom. The predicted octanol–water partition coefficient (Wildman–Crippen LogP) is -0.757. The number of hydrogen-bond donors (Lipinski definition) is 2. The fraction of sp³-hybridized carbons (Fsp3) is 0.706. The van der Waals surface area contributed by atoms with Crippen LogP contribution in [0.5, 0.6) is 0 Å². The number of aryl methyl sites for hydroxylation is 2. The molecule has 2 aromatic heterocycles. The van der Waals surface area contributed by atoms with Crippen molar-refractivity contribution in [1.82, 2.24) is 24.0 Å². The van der Waals surface area contributed by atoms with Crippen molar-refractivity contribution in [2.75, 3.05) is 38.2 Å². The molecule has 2 aliphatic heterocycles. The van der Waals surface area contributed by atoms with Crippen LogP contribution in [-0.2, 0) is 14.1 Å². The minimum absolute atomic E-state index is 0.0571. The molecular formula is C17H26N6O3. The molecule has 2 N–H and O–H groups in total. The zero-order valence-electron chi connectivity index (χ0n) is 15.5. The van der Waals surface area contributed by atoms with Gasteiger partial charge in [0.2, 0.25) is 5.95 Å². The van der Waals surface area contributed by atoms with Crippen LogP contribution in [-0.4, -0.2) is 68.4 Å². The molecule has 0 saturated carbocycles. The molecule has 2 atom stereocenters. The Labute approximate surface area is 150 Å². The normalized spacial score (nSPS) is 27.1. The van der Waals surface area contributed by atoms with Crippen molar-refractivity contribution >= 4 is 17.1 Å². The quantitative estimate of drug-likeness (QED) is 0.729. The summed E-state index contributed by atoms with van der Waals surface area (Å²) in [5, 5.41) is 10.1. The zero-order valence-corrected chi connectivity index (χ0v) is 15.5. The second-order valence-electron chi connectivity index (χ2n) is 7.78. The van der Waals surface area contributed by atoms with Crippen molar-refractivity contribution in [1.29, 1.82) is 0 Å². The predicted molar refractivity (Wildman–Crippen MR) is 98.6 cm³/mol. The van der Waals surface area contributed by atoms with E-state index in [-0.39, 0.29) is 18.1 Å². The molecule has 142 valence electrons. The number of nitrogens with zero attached hydrogens (tertiary/aromatic N) is 5. The van der Waals surface area contributed by atoms with E-state index in [4.69, 9.17) is 0 Å². The van der Waals surface area contributed by atoms with Crippen LogP contribution in [0.3, 0.4) is 0 Å². The second kappa shape index (κ2) is 5.95.